The highest BCUT2D eigenvalue weighted by atomic mass is 35.5. The standard InChI is InChI=1S/C25H30ClN5O2S.ClH/c1-31-11-10-20-22(14-31)34-25(30-20)24(33)29-19-7-5-3-2-4-6-18(19)28-23(32)21-13-15-12-16(26)8-9-17(15)27-21;/h8-9,12-13,18-19,27H,2-7,10-11,14H2,1H3,(H,28,32)(H,29,33);1H. The fourth-order valence-electron chi connectivity index (χ4n) is 4.95. The molecule has 2 aromatic heterocycles. The number of rotatable bonds is 4. The Morgan fingerprint density at radius 1 is 1.09 bits per heavy atom. The lowest BCUT2D eigenvalue weighted by atomic mass is 9.92. The normalized spacial score (nSPS) is 20.9. The van der Waals surface area contributed by atoms with E-state index in [0.717, 1.165) is 74.6 Å². The zero-order chi connectivity index (χ0) is 23.7. The lowest BCUT2D eigenvalue weighted by molar-refractivity contribution is 0.0868. The summed E-state index contributed by atoms with van der Waals surface area (Å²) in [6.07, 6.45) is 6.90. The Balaban J connectivity index is 0.00000289. The Morgan fingerprint density at radius 3 is 2.54 bits per heavy atom. The van der Waals surface area contributed by atoms with E-state index in [1.165, 1.54) is 16.2 Å². The van der Waals surface area contributed by atoms with Crippen LogP contribution in [0.4, 0.5) is 0 Å². The van der Waals surface area contributed by atoms with Crippen molar-refractivity contribution in [2.24, 2.45) is 0 Å². The van der Waals surface area contributed by atoms with Crippen LogP contribution >= 0.6 is 35.3 Å². The smallest absolute Gasteiger partial charge is 0.280 e. The molecule has 2 amide bonds. The average Bonchev–Trinajstić information content (AvgIpc) is 3.41. The number of H-pyrrole nitrogens is 1. The lowest BCUT2D eigenvalue weighted by Crippen LogP contribution is -2.52. The first-order chi connectivity index (χ1) is 16.5. The number of nitrogens with zero attached hydrogens (tertiary/aromatic N) is 2. The molecule has 3 N–H and O–H groups in total. The summed E-state index contributed by atoms with van der Waals surface area (Å²) in [5.74, 6) is -0.294. The first-order valence-electron chi connectivity index (χ1n) is 12.0. The number of hydrogen-bond donors (Lipinski definition) is 3. The maximum atomic E-state index is 13.2. The number of likely N-dealkylation sites (N-methyl/N-ethyl adjacent to an activating group) is 1. The van der Waals surface area contributed by atoms with Crippen molar-refractivity contribution in [1.29, 1.82) is 0 Å². The Hall–Kier alpha value is -2.13. The van der Waals surface area contributed by atoms with Crippen LogP contribution in [0.25, 0.3) is 10.9 Å². The van der Waals surface area contributed by atoms with Gasteiger partial charge in [0.1, 0.15) is 5.69 Å². The monoisotopic (exact) mass is 535 g/mol. The molecule has 188 valence electrons. The molecule has 1 aliphatic carbocycles. The van der Waals surface area contributed by atoms with E-state index >= 15 is 0 Å². The largest absolute Gasteiger partial charge is 0.351 e. The van der Waals surface area contributed by atoms with Crippen molar-refractivity contribution < 1.29 is 9.59 Å². The second-order valence-electron chi connectivity index (χ2n) is 9.44. The number of carbonyl (C=O) groups is 2. The van der Waals surface area contributed by atoms with Crippen molar-refractivity contribution in [2.75, 3.05) is 13.6 Å². The van der Waals surface area contributed by atoms with E-state index in [4.69, 9.17) is 11.6 Å². The number of fused-ring (bicyclic) bond motifs is 2. The van der Waals surface area contributed by atoms with Crippen molar-refractivity contribution in [3.63, 3.8) is 0 Å². The second kappa shape index (κ2) is 11.3. The van der Waals surface area contributed by atoms with Gasteiger partial charge >= 0.3 is 0 Å². The summed E-state index contributed by atoms with van der Waals surface area (Å²) < 4.78 is 0. The lowest BCUT2D eigenvalue weighted by Gasteiger charge is -2.30. The van der Waals surface area contributed by atoms with Gasteiger partial charge in [-0.2, -0.15) is 0 Å². The molecular weight excluding hydrogens is 505 g/mol. The van der Waals surface area contributed by atoms with Crippen molar-refractivity contribution in [3.05, 3.63) is 50.6 Å². The summed E-state index contributed by atoms with van der Waals surface area (Å²) in [6.45, 7) is 1.81. The fraction of sp³-hybridized carbons (Fsp3) is 0.480. The van der Waals surface area contributed by atoms with E-state index in [9.17, 15) is 9.59 Å². The Bertz CT molecular complexity index is 1210. The van der Waals surface area contributed by atoms with Crippen molar-refractivity contribution in [3.8, 4) is 0 Å². The van der Waals surface area contributed by atoms with E-state index in [0.29, 0.717) is 15.7 Å². The minimum atomic E-state index is -0.162. The molecular formula is C25H31Cl2N5O2S. The third kappa shape index (κ3) is 6.00. The fourth-order valence-corrected chi connectivity index (χ4v) is 6.22. The summed E-state index contributed by atoms with van der Waals surface area (Å²) in [5, 5.41) is 8.48. The number of amides is 2. The Morgan fingerprint density at radius 2 is 1.80 bits per heavy atom. The van der Waals surface area contributed by atoms with Gasteiger partial charge in [-0.1, -0.05) is 37.3 Å². The van der Waals surface area contributed by atoms with Crippen molar-refractivity contribution in [1.82, 2.24) is 25.5 Å². The maximum absolute atomic E-state index is 13.2. The summed E-state index contributed by atoms with van der Waals surface area (Å²) >= 11 is 7.59. The highest BCUT2D eigenvalue weighted by Crippen LogP contribution is 2.26. The summed E-state index contributed by atoms with van der Waals surface area (Å²) in [4.78, 5) is 37.5. The molecule has 1 aromatic carbocycles. The summed E-state index contributed by atoms with van der Waals surface area (Å²) in [5.41, 5.74) is 2.42. The number of hydrogen-bond acceptors (Lipinski definition) is 5. The summed E-state index contributed by atoms with van der Waals surface area (Å²) in [6, 6.07) is 7.08. The van der Waals surface area contributed by atoms with E-state index < -0.39 is 0 Å². The molecule has 35 heavy (non-hydrogen) atoms. The van der Waals surface area contributed by atoms with Gasteiger partial charge in [-0.3, -0.25) is 9.59 Å². The molecule has 0 spiro atoms. The van der Waals surface area contributed by atoms with Crippen molar-refractivity contribution >= 4 is 58.1 Å². The summed E-state index contributed by atoms with van der Waals surface area (Å²) in [7, 11) is 2.09. The number of carbonyl (C=O) groups excluding carboxylic acids is 2. The van der Waals surface area contributed by atoms with E-state index in [2.05, 4.69) is 32.5 Å². The van der Waals surface area contributed by atoms with Gasteiger partial charge in [-0.25, -0.2) is 4.98 Å². The number of thiazole rings is 1. The molecule has 2 aliphatic rings. The van der Waals surface area contributed by atoms with Crippen LogP contribution < -0.4 is 10.6 Å². The van der Waals surface area contributed by atoms with Gasteiger partial charge in [0, 0.05) is 52.4 Å². The SMILES string of the molecule is CN1CCc2nc(C(=O)NC3CCCCCCC3NC(=O)c3cc4cc(Cl)ccc4[nH]3)sc2C1.Cl. The van der Waals surface area contributed by atoms with E-state index in [-0.39, 0.29) is 36.3 Å². The molecule has 1 aliphatic heterocycles. The van der Waals surface area contributed by atoms with Crippen LogP contribution in [0.2, 0.25) is 5.02 Å². The quantitative estimate of drug-likeness (QED) is 0.441. The number of aromatic amines is 1. The van der Waals surface area contributed by atoms with Gasteiger partial charge in [0.25, 0.3) is 11.8 Å². The first-order valence-corrected chi connectivity index (χ1v) is 13.2. The van der Waals surface area contributed by atoms with E-state index in [1.54, 1.807) is 6.07 Å². The molecule has 7 nitrogen and oxygen atoms in total. The number of benzene rings is 1. The predicted octanol–water partition coefficient (Wildman–Crippen LogP) is 4.94. The molecule has 0 saturated heterocycles. The molecule has 0 bridgehead atoms. The molecule has 2 unspecified atom stereocenters. The van der Waals surface area contributed by atoms with Gasteiger partial charge in [0.2, 0.25) is 0 Å². The topological polar surface area (TPSA) is 90.1 Å². The molecule has 1 fully saturated rings. The average molecular weight is 537 g/mol. The van der Waals surface area contributed by atoms with Crippen LogP contribution in [-0.4, -0.2) is 52.4 Å². The third-order valence-corrected chi connectivity index (χ3v) is 8.16. The van der Waals surface area contributed by atoms with Crippen LogP contribution in [0.5, 0.6) is 0 Å². The molecule has 10 heteroatoms. The van der Waals surface area contributed by atoms with Crippen LogP contribution in [-0.2, 0) is 13.0 Å². The van der Waals surface area contributed by atoms with Gasteiger partial charge < -0.3 is 20.5 Å². The van der Waals surface area contributed by atoms with Crippen LogP contribution in [0.15, 0.2) is 24.3 Å². The zero-order valence-corrected chi connectivity index (χ0v) is 22.1. The van der Waals surface area contributed by atoms with Gasteiger partial charge in [0.15, 0.2) is 5.01 Å². The van der Waals surface area contributed by atoms with Crippen molar-refractivity contribution in [2.45, 2.75) is 63.6 Å². The minimum Gasteiger partial charge on any atom is -0.351 e. The predicted molar refractivity (Wildman–Crippen MR) is 143 cm³/mol. The Labute approximate surface area is 220 Å². The molecule has 5 rings (SSSR count). The minimum absolute atomic E-state index is 0. The molecule has 1 saturated carbocycles. The zero-order valence-electron chi connectivity index (χ0n) is 19.7. The van der Waals surface area contributed by atoms with Crippen LogP contribution in [0.1, 0.15) is 69.4 Å². The molecule has 2 atom stereocenters. The first kappa shape index (κ1) is 25.9. The van der Waals surface area contributed by atoms with Crippen LogP contribution in [0.3, 0.4) is 0 Å². The highest BCUT2D eigenvalue weighted by Gasteiger charge is 2.29. The molecule has 0 radical (unpaired) electrons. The third-order valence-electron chi connectivity index (χ3n) is 6.84. The maximum Gasteiger partial charge on any atom is 0.280 e. The van der Waals surface area contributed by atoms with Crippen LogP contribution in [0, 0.1) is 0 Å². The van der Waals surface area contributed by atoms with Gasteiger partial charge in [-0.05, 0) is 44.2 Å². The van der Waals surface area contributed by atoms with E-state index in [1.807, 2.05) is 18.2 Å². The number of aromatic nitrogens is 2. The Kier molecular flexibility index (Phi) is 8.37. The van der Waals surface area contributed by atoms with Gasteiger partial charge in [0.05, 0.1) is 5.69 Å². The second-order valence-corrected chi connectivity index (χ2v) is 11.0. The molecule has 3 heterocycles. The molecule has 3 aromatic rings. The van der Waals surface area contributed by atoms with Gasteiger partial charge in [-0.15, -0.1) is 23.7 Å². The number of nitrogens with one attached hydrogen (secondary N) is 3. The number of halogens is 2. The highest BCUT2D eigenvalue weighted by molar-refractivity contribution is 7.13.